The summed E-state index contributed by atoms with van der Waals surface area (Å²) in [7, 11) is 1.55. The Morgan fingerprint density at radius 2 is 1.76 bits per heavy atom. The minimum Gasteiger partial charge on any atom is -0.493 e. The Kier molecular flexibility index (Phi) is 10.1. The second-order valence-electron chi connectivity index (χ2n) is 11.8. The van der Waals surface area contributed by atoms with Crippen molar-refractivity contribution in [2.75, 3.05) is 51.9 Å². The lowest BCUT2D eigenvalue weighted by Crippen LogP contribution is -2.37. The second-order valence-corrected chi connectivity index (χ2v) is 12.2. The van der Waals surface area contributed by atoms with E-state index in [4.69, 9.17) is 30.5 Å². The maximum absolute atomic E-state index is 15.5. The number of carbonyl (C=O) groups is 1. The van der Waals surface area contributed by atoms with Gasteiger partial charge in [0.15, 0.2) is 23.1 Å². The summed E-state index contributed by atoms with van der Waals surface area (Å²) in [5.41, 5.74) is 0.825. The number of carbonyl (C=O) groups excluding carboxylic acids is 1. The molecule has 260 valence electrons. The van der Waals surface area contributed by atoms with E-state index >= 15 is 4.39 Å². The normalized spacial score (nSPS) is 13.3. The highest BCUT2D eigenvalue weighted by molar-refractivity contribution is 6.30. The number of nitrogens with zero attached hydrogens (tertiary/aromatic N) is 4. The number of hydrogen-bond donors (Lipinski definition) is 1. The predicted octanol–water partition coefficient (Wildman–Crippen LogP) is 6.88. The molecule has 0 unspecified atom stereocenters. The van der Waals surface area contributed by atoms with Crippen LogP contribution in [0.3, 0.4) is 0 Å². The van der Waals surface area contributed by atoms with Crippen molar-refractivity contribution in [2.45, 2.75) is 6.42 Å². The summed E-state index contributed by atoms with van der Waals surface area (Å²) in [6.45, 7) is 4.75. The third-order valence-electron chi connectivity index (χ3n) is 8.47. The van der Waals surface area contributed by atoms with E-state index in [1.54, 1.807) is 74.1 Å². The molecule has 13 heteroatoms. The molecule has 0 saturated carbocycles. The first-order valence-electron chi connectivity index (χ1n) is 16.3. The topological polar surface area (TPSA) is 117 Å². The van der Waals surface area contributed by atoms with Crippen LogP contribution in [0.2, 0.25) is 5.02 Å². The third-order valence-corrected chi connectivity index (χ3v) is 8.72. The van der Waals surface area contributed by atoms with Crippen LogP contribution in [0, 0.1) is 5.82 Å². The molecule has 0 radical (unpaired) electrons. The van der Waals surface area contributed by atoms with Gasteiger partial charge >= 0.3 is 0 Å². The summed E-state index contributed by atoms with van der Waals surface area (Å²) in [5.74, 6) is -0.139. The van der Waals surface area contributed by atoms with E-state index in [-0.39, 0.29) is 17.0 Å². The van der Waals surface area contributed by atoms with E-state index < -0.39 is 17.3 Å². The molecule has 0 aliphatic carbocycles. The van der Waals surface area contributed by atoms with Gasteiger partial charge in [0.2, 0.25) is 0 Å². The van der Waals surface area contributed by atoms with Crippen molar-refractivity contribution >= 4 is 45.1 Å². The van der Waals surface area contributed by atoms with E-state index in [1.165, 1.54) is 22.8 Å². The molecule has 11 nitrogen and oxygen atoms in total. The summed E-state index contributed by atoms with van der Waals surface area (Å²) in [6, 6.07) is 20.7. The molecule has 7 rings (SSSR count). The largest absolute Gasteiger partial charge is 0.493 e. The zero-order valence-corrected chi connectivity index (χ0v) is 28.4. The molecule has 6 aromatic rings. The van der Waals surface area contributed by atoms with Crippen molar-refractivity contribution in [2.24, 2.45) is 0 Å². The Hall–Kier alpha value is -5.56. The lowest BCUT2D eigenvalue weighted by atomic mass is 10.1. The number of hydrogen-bond acceptors (Lipinski definition) is 9. The first-order valence-corrected chi connectivity index (χ1v) is 16.7. The molecule has 1 amide bonds. The molecule has 1 saturated heterocycles. The van der Waals surface area contributed by atoms with Crippen molar-refractivity contribution in [3.8, 4) is 28.7 Å². The van der Waals surface area contributed by atoms with Gasteiger partial charge in [0.05, 0.1) is 38.1 Å². The molecule has 3 aromatic heterocycles. The van der Waals surface area contributed by atoms with Crippen molar-refractivity contribution in [1.29, 1.82) is 0 Å². The lowest BCUT2D eigenvalue weighted by Gasteiger charge is -2.26. The first-order chi connectivity index (χ1) is 24.9. The van der Waals surface area contributed by atoms with Gasteiger partial charge in [-0.15, -0.1) is 0 Å². The molecule has 1 N–H and O–H groups in total. The van der Waals surface area contributed by atoms with Crippen molar-refractivity contribution < 1.29 is 28.1 Å². The van der Waals surface area contributed by atoms with Gasteiger partial charge in [0.25, 0.3) is 11.5 Å². The number of fused-ring (bicyclic) bond motifs is 2. The SMILES string of the molecule is COc1cc2c(Oc3ccc(NC(=O)c4cc5cccnc5n(-c5ccc(Cl)cc5)c4=O)cc3F)ccnc2cc1OCCCN1CCOCC1. The van der Waals surface area contributed by atoms with Crippen LogP contribution in [0.5, 0.6) is 23.0 Å². The van der Waals surface area contributed by atoms with Gasteiger partial charge in [-0.2, -0.15) is 0 Å². The Balaban J connectivity index is 1.08. The van der Waals surface area contributed by atoms with Gasteiger partial charge in [-0.3, -0.25) is 24.0 Å². The van der Waals surface area contributed by atoms with E-state index in [1.807, 2.05) is 0 Å². The zero-order chi connectivity index (χ0) is 35.3. The average Bonchev–Trinajstić information content (AvgIpc) is 3.15. The van der Waals surface area contributed by atoms with Crippen LogP contribution in [-0.4, -0.2) is 71.9 Å². The minimum absolute atomic E-state index is 0.0789. The number of halogens is 2. The van der Waals surface area contributed by atoms with Crippen LogP contribution in [0.25, 0.3) is 27.6 Å². The molecule has 0 bridgehead atoms. The summed E-state index contributed by atoms with van der Waals surface area (Å²) in [5, 5.41) is 4.29. The van der Waals surface area contributed by atoms with Crippen molar-refractivity contribution in [1.82, 2.24) is 19.4 Å². The maximum atomic E-state index is 15.5. The predicted molar refractivity (Wildman–Crippen MR) is 192 cm³/mol. The van der Waals surface area contributed by atoms with Crippen LogP contribution in [0.15, 0.2) is 96.1 Å². The van der Waals surface area contributed by atoms with Gasteiger partial charge in [-0.05, 0) is 73.2 Å². The molecular formula is C38H33ClFN5O6. The Morgan fingerprint density at radius 1 is 0.941 bits per heavy atom. The fraction of sp³-hybridized carbons (Fsp3) is 0.211. The number of rotatable bonds is 11. The highest BCUT2D eigenvalue weighted by Gasteiger charge is 2.19. The van der Waals surface area contributed by atoms with Crippen molar-refractivity contribution in [3.63, 3.8) is 0 Å². The van der Waals surface area contributed by atoms with Crippen LogP contribution >= 0.6 is 11.6 Å². The number of nitrogens with one attached hydrogen (secondary N) is 1. The van der Waals surface area contributed by atoms with Gasteiger partial charge < -0.3 is 24.3 Å². The quantitative estimate of drug-likeness (QED) is 0.144. The summed E-state index contributed by atoms with van der Waals surface area (Å²) in [6.07, 6.45) is 3.97. The number of benzene rings is 3. The van der Waals surface area contributed by atoms with Gasteiger partial charge in [0.1, 0.15) is 17.0 Å². The van der Waals surface area contributed by atoms with Crippen LogP contribution in [0.1, 0.15) is 16.8 Å². The highest BCUT2D eigenvalue weighted by atomic mass is 35.5. The molecule has 1 aliphatic rings. The molecule has 3 aromatic carbocycles. The molecule has 1 aliphatic heterocycles. The minimum atomic E-state index is -0.730. The molecule has 51 heavy (non-hydrogen) atoms. The summed E-state index contributed by atoms with van der Waals surface area (Å²) >= 11 is 6.06. The van der Waals surface area contributed by atoms with Gasteiger partial charge in [-0.1, -0.05) is 11.6 Å². The second kappa shape index (κ2) is 15.1. The van der Waals surface area contributed by atoms with E-state index in [0.717, 1.165) is 45.3 Å². The monoisotopic (exact) mass is 709 g/mol. The Bertz CT molecular complexity index is 2280. The highest BCUT2D eigenvalue weighted by Crippen LogP contribution is 2.38. The lowest BCUT2D eigenvalue weighted by molar-refractivity contribution is 0.0357. The number of methoxy groups -OCH3 is 1. The fourth-order valence-electron chi connectivity index (χ4n) is 5.90. The van der Waals surface area contributed by atoms with E-state index in [0.29, 0.717) is 56.5 Å². The van der Waals surface area contributed by atoms with Crippen LogP contribution in [0.4, 0.5) is 10.1 Å². The van der Waals surface area contributed by atoms with Gasteiger partial charge in [-0.25, -0.2) is 9.37 Å². The van der Waals surface area contributed by atoms with E-state index in [9.17, 15) is 9.59 Å². The number of morpholine rings is 1. The average molecular weight is 710 g/mol. The smallest absolute Gasteiger partial charge is 0.269 e. The van der Waals surface area contributed by atoms with Crippen LogP contribution < -0.4 is 25.1 Å². The maximum Gasteiger partial charge on any atom is 0.269 e. The number of anilines is 1. The standard InChI is InChI=1S/C38H33ClFN5O6/c1-48-34-22-28-31(23-35(34)50-17-3-14-44-15-18-49-19-16-44)41-13-11-32(28)51-33-10-7-26(21-30(33)40)43-37(46)29-20-24-4-2-12-42-36(24)45(38(29)47)27-8-5-25(39)6-9-27/h2,4-13,20-23H,3,14-19H2,1H3,(H,43,46). The molecule has 4 heterocycles. The number of amides is 1. The number of ether oxygens (including phenoxy) is 4. The molecular weight excluding hydrogens is 677 g/mol. The van der Waals surface area contributed by atoms with Crippen LogP contribution in [-0.2, 0) is 4.74 Å². The summed E-state index contributed by atoms with van der Waals surface area (Å²) < 4.78 is 39.9. The fourth-order valence-corrected chi connectivity index (χ4v) is 6.02. The first kappa shape index (κ1) is 33.9. The van der Waals surface area contributed by atoms with E-state index in [2.05, 4.69) is 20.2 Å². The number of pyridine rings is 3. The molecule has 0 atom stereocenters. The molecule has 1 fully saturated rings. The van der Waals surface area contributed by atoms with Gasteiger partial charge in [0, 0.05) is 65.6 Å². The Morgan fingerprint density at radius 3 is 2.55 bits per heavy atom. The third kappa shape index (κ3) is 7.48. The number of aromatic nitrogens is 3. The van der Waals surface area contributed by atoms with Crippen molar-refractivity contribution in [3.05, 3.63) is 118 Å². The molecule has 0 spiro atoms. The summed E-state index contributed by atoms with van der Waals surface area (Å²) in [4.78, 5) is 38.2. The zero-order valence-electron chi connectivity index (χ0n) is 27.6. The Labute approximate surface area is 297 Å².